The van der Waals surface area contributed by atoms with E-state index in [0.717, 1.165) is 50.1 Å². The van der Waals surface area contributed by atoms with E-state index in [1.54, 1.807) is 0 Å². The standard InChI is InChI=1S/C63H41NO/c1-3-17-46(18-4-1)63(47-19-5-2-6-20-47)58-27-11-9-22-54(58)55-40-39-50(41-59(55)63)64(49-37-33-44(34-38-49)53-25-14-26-57-56-23-10-12-28-60(56)65-62(53)57)48-35-31-43(32-36-48)52-24-13-16-45-30-29-42-15-7-8-21-51(42)61(45)52/h1-41H. The number of anilines is 3. The Bertz CT molecular complexity index is 3710. The minimum absolute atomic E-state index is 0.522. The maximum absolute atomic E-state index is 6.50. The Hall–Kier alpha value is -8.46. The van der Waals surface area contributed by atoms with E-state index in [4.69, 9.17) is 4.42 Å². The van der Waals surface area contributed by atoms with Crippen LogP contribution in [0.2, 0.25) is 0 Å². The second-order valence-corrected chi connectivity index (χ2v) is 17.2. The van der Waals surface area contributed by atoms with Crippen molar-refractivity contribution in [3.8, 4) is 33.4 Å². The molecule has 1 aromatic heterocycles. The average molecular weight is 828 g/mol. The van der Waals surface area contributed by atoms with E-state index < -0.39 is 5.41 Å². The average Bonchev–Trinajstić information content (AvgIpc) is 3.91. The van der Waals surface area contributed by atoms with Crippen LogP contribution in [0, 0.1) is 0 Å². The Labute approximate surface area is 377 Å². The van der Waals surface area contributed by atoms with Crippen LogP contribution >= 0.6 is 0 Å². The van der Waals surface area contributed by atoms with Crippen molar-refractivity contribution in [2.24, 2.45) is 0 Å². The molecule has 11 aromatic carbocycles. The van der Waals surface area contributed by atoms with Crippen molar-refractivity contribution >= 4 is 60.5 Å². The van der Waals surface area contributed by atoms with Gasteiger partial charge in [-0.2, -0.15) is 0 Å². The minimum atomic E-state index is -0.522. The zero-order chi connectivity index (χ0) is 42.9. The highest BCUT2D eigenvalue weighted by atomic mass is 16.3. The van der Waals surface area contributed by atoms with Crippen molar-refractivity contribution in [3.05, 3.63) is 271 Å². The Morgan fingerprint density at radius 2 is 0.846 bits per heavy atom. The lowest BCUT2D eigenvalue weighted by atomic mass is 9.67. The van der Waals surface area contributed by atoms with Crippen LogP contribution in [0.4, 0.5) is 17.1 Å². The quantitative estimate of drug-likeness (QED) is 0.149. The molecule has 1 aliphatic carbocycles. The number of furan rings is 1. The van der Waals surface area contributed by atoms with Crippen molar-refractivity contribution in [2.75, 3.05) is 4.90 Å². The first-order valence-corrected chi connectivity index (χ1v) is 22.4. The molecule has 12 aromatic rings. The Morgan fingerprint density at radius 3 is 1.60 bits per heavy atom. The largest absolute Gasteiger partial charge is 0.455 e. The normalized spacial score (nSPS) is 12.7. The third-order valence-corrected chi connectivity index (χ3v) is 13.7. The van der Waals surface area contributed by atoms with Gasteiger partial charge in [0.2, 0.25) is 0 Å². The first-order valence-electron chi connectivity index (χ1n) is 22.4. The number of para-hydroxylation sites is 2. The molecule has 2 heteroatoms. The number of hydrogen-bond acceptors (Lipinski definition) is 2. The van der Waals surface area contributed by atoms with Gasteiger partial charge in [0.1, 0.15) is 11.2 Å². The summed E-state index contributed by atoms with van der Waals surface area (Å²) in [7, 11) is 0. The SMILES string of the molecule is c1ccc(C2(c3ccccc3)c3ccccc3-c3ccc(N(c4ccc(-c5cccc6c5oc5ccccc56)cc4)c4ccc(-c5cccc6ccc7ccccc7c56)cc4)cc32)cc1. The zero-order valence-electron chi connectivity index (χ0n) is 35.5. The van der Waals surface area contributed by atoms with Crippen LogP contribution in [0.3, 0.4) is 0 Å². The maximum Gasteiger partial charge on any atom is 0.143 e. The molecule has 1 heterocycles. The van der Waals surface area contributed by atoms with E-state index in [0.29, 0.717) is 0 Å². The van der Waals surface area contributed by atoms with Gasteiger partial charge in [0.05, 0.1) is 5.41 Å². The smallest absolute Gasteiger partial charge is 0.143 e. The van der Waals surface area contributed by atoms with Crippen molar-refractivity contribution in [1.29, 1.82) is 0 Å². The van der Waals surface area contributed by atoms with Crippen LogP contribution in [0.1, 0.15) is 22.3 Å². The lowest BCUT2D eigenvalue weighted by Gasteiger charge is -2.35. The minimum Gasteiger partial charge on any atom is -0.455 e. The van der Waals surface area contributed by atoms with E-state index in [1.165, 1.54) is 66.1 Å². The second-order valence-electron chi connectivity index (χ2n) is 17.2. The molecule has 1 aliphatic rings. The molecular formula is C63H41NO. The summed E-state index contributed by atoms with van der Waals surface area (Å²) in [5, 5.41) is 7.29. The molecule has 0 fully saturated rings. The molecule has 13 rings (SSSR count). The van der Waals surface area contributed by atoms with Gasteiger partial charge in [0.25, 0.3) is 0 Å². The third kappa shape index (κ3) is 5.74. The van der Waals surface area contributed by atoms with Crippen LogP contribution in [-0.2, 0) is 5.41 Å². The van der Waals surface area contributed by atoms with Crippen molar-refractivity contribution in [3.63, 3.8) is 0 Å². The predicted molar refractivity (Wildman–Crippen MR) is 272 cm³/mol. The Morgan fingerprint density at radius 1 is 0.323 bits per heavy atom. The van der Waals surface area contributed by atoms with Gasteiger partial charge >= 0.3 is 0 Å². The molecule has 2 nitrogen and oxygen atoms in total. The molecule has 0 radical (unpaired) electrons. The van der Waals surface area contributed by atoms with E-state index >= 15 is 0 Å². The highest BCUT2D eigenvalue weighted by molar-refractivity contribution is 6.14. The first-order chi connectivity index (χ1) is 32.2. The monoisotopic (exact) mass is 827 g/mol. The number of rotatable bonds is 7. The summed E-state index contributed by atoms with van der Waals surface area (Å²) in [6.45, 7) is 0. The van der Waals surface area contributed by atoms with E-state index in [2.05, 4.69) is 241 Å². The Kier molecular flexibility index (Phi) is 8.47. The molecule has 0 atom stereocenters. The fourth-order valence-electron chi connectivity index (χ4n) is 10.9. The zero-order valence-corrected chi connectivity index (χ0v) is 35.5. The molecule has 0 saturated carbocycles. The van der Waals surface area contributed by atoms with Crippen LogP contribution in [0.15, 0.2) is 253 Å². The fourth-order valence-corrected chi connectivity index (χ4v) is 10.9. The van der Waals surface area contributed by atoms with Gasteiger partial charge < -0.3 is 9.32 Å². The van der Waals surface area contributed by atoms with Crippen LogP contribution in [0.25, 0.3) is 76.9 Å². The lowest BCUT2D eigenvalue weighted by molar-refractivity contribution is 0.670. The molecule has 304 valence electrons. The van der Waals surface area contributed by atoms with Gasteiger partial charge in [-0.05, 0) is 114 Å². The molecule has 0 aliphatic heterocycles. The van der Waals surface area contributed by atoms with Crippen LogP contribution in [0.5, 0.6) is 0 Å². The molecule has 65 heavy (non-hydrogen) atoms. The van der Waals surface area contributed by atoms with Gasteiger partial charge in [-0.25, -0.2) is 0 Å². The number of hydrogen-bond donors (Lipinski definition) is 0. The predicted octanol–water partition coefficient (Wildman–Crippen LogP) is 17.1. The van der Waals surface area contributed by atoms with Gasteiger partial charge in [0.15, 0.2) is 0 Å². The summed E-state index contributed by atoms with van der Waals surface area (Å²) in [6, 6.07) is 90.8. The maximum atomic E-state index is 6.50. The molecule has 0 N–H and O–H groups in total. The second kappa shape index (κ2) is 14.8. The van der Waals surface area contributed by atoms with Crippen molar-refractivity contribution < 1.29 is 4.42 Å². The van der Waals surface area contributed by atoms with Gasteiger partial charge in [-0.1, -0.05) is 206 Å². The molecule has 0 bridgehead atoms. The summed E-state index contributed by atoms with van der Waals surface area (Å²) in [5.74, 6) is 0. The molecule has 0 amide bonds. The van der Waals surface area contributed by atoms with Gasteiger partial charge in [0, 0.05) is 33.4 Å². The molecule has 0 unspecified atom stereocenters. The highest BCUT2D eigenvalue weighted by Gasteiger charge is 2.46. The van der Waals surface area contributed by atoms with Crippen molar-refractivity contribution in [1.82, 2.24) is 0 Å². The van der Waals surface area contributed by atoms with Gasteiger partial charge in [-0.3, -0.25) is 0 Å². The molecular weight excluding hydrogens is 787 g/mol. The van der Waals surface area contributed by atoms with Gasteiger partial charge in [-0.15, -0.1) is 0 Å². The van der Waals surface area contributed by atoms with Crippen molar-refractivity contribution in [2.45, 2.75) is 5.41 Å². The Balaban J connectivity index is 1.00. The van der Waals surface area contributed by atoms with E-state index in [1.807, 2.05) is 12.1 Å². The van der Waals surface area contributed by atoms with Crippen LogP contribution < -0.4 is 4.90 Å². The number of fused-ring (bicyclic) bond motifs is 9. The molecule has 0 saturated heterocycles. The first kappa shape index (κ1) is 37.1. The van der Waals surface area contributed by atoms with E-state index in [-0.39, 0.29) is 0 Å². The third-order valence-electron chi connectivity index (χ3n) is 13.7. The summed E-state index contributed by atoms with van der Waals surface area (Å²) in [5.41, 5.74) is 16.7. The number of benzene rings is 11. The molecule has 0 spiro atoms. The topological polar surface area (TPSA) is 16.4 Å². The number of nitrogens with zero attached hydrogens (tertiary/aromatic N) is 1. The highest BCUT2D eigenvalue weighted by Crippen LogP contribution is 2.57. The fraction of sp³-hybridized carbons (Fsp3) is 0.0159. The summed E-state index contributed by atoms with van der Waals surface area (Å²) < 4.78 is 6.50. The summed E-state index contributed by atoms with van der Waals surface area (Å²) in [4.78, 5) is 2.41. The lowest BCUT2D eigenvalue weighted by Crippen LogP contribution is -2.28. The summed E-state index contributed by atoms with van der Waals surface area (Å²) in [6.07, 6.45) is 0. The van der Waals surface area contributed by atoms with Crippen LogP contribution in [-0.4, -0.2) is 0 Å². The van der Waals surface area contributed by atoms with E-state index in [9.17, 15) is 0 Å². The summed E-state index contributed by atoms with van der Waals surface area (Å²) >= 11 is 0.